The van der Waals surface area contributed by atoms with Crippen molar-refractivity contribution in [3.8, 4) is 5.75 Å². The number of carbonyl (C=O) groups is 1. The molecule has 144 valence electrons. The van der Waals surface area contributed by atoms with Gasteiger partial charge < -0.3 is 20.1 Å². The van der Waals surface area contributed by atoms with Crippen molar-refractivity contribution in [2.75, 3.05) is 20.2 Å². The van der Waals surface area contributed by atoms with Crippen molar-refractivity contribution in [2.45, 2.75) is 31.9 Å². The number of ether oxygens (including phenoxy) is 1. The summed E-state index contributed by atoms with van der Waals surface area (Å²) in [6.07, 6.45) is 1.98. The summed E-state index contributed by atoms with van der Waals surface area (Å²) >= 11 is 0. The van der Waals surface area contributed by atoms with E-state index in [1.165, 1.54) is 0 Å². The largest absolute Gasteiger partial charge is 0.496 e. The van der Waals surface area contributed by atoms with Crippen molar-refractivity contribution < 1.29 is 14.6 Å². The van der Waals surface area contributed by atoms with Gasteiger partial charge >= 0.3 is 6.03 Å². The van der Waals surface area contributed by atoms with Crippen molar-refractivity contribution in [1.82, 2.24) is 10.2 Å². The summed E-state index contributed by atoms with van der Waals surface area (Å²) in [6, 6.07) is 17.7. The Morgan fingerprint density at radius 3 is 2.52 bits per heavy atom. The van der Waals surface area contributed by atoms with Crippen LogP contribution in [0.5, 0.6) is 5.75 Å². The van der Waals surface area contributed by atoms with Gasteiger partial charge in [0.15, 0.2) is 0 Å². The molecule has 5 heteroatoms. The maximum Gasteiger partial charge on any atom is 0.317 e. The van der Waals surface area contributed by atoms with Crippen molar-refractivity contribution in [2.24, 2.45) is 5.92 Å². The van der Waals surface area contributed by atoms with E-state index < -0.39 is 0 Å². The fourth-order valence-electron chi connectivity index (χ4n) is 3.64. The van der Waals surface area contributed by atoms with E-state index in [1.807, 2.05) is 59.5 Å². The molecular formula is C22H28N2O3. The summed E-state index contributed by atoms with van der Waals surface area (Å²) in [5, 5.41) is 13.5. The number of carbonyl (C=O) groups excluding carboxylic acids is 1. The predicted molar refractivity (Wildman–Crippen MR) is 106 cm³/mol. The van der Waals surface area contributed by atoms with Crippen LogP contribution in [-0.4, -0.2) is 42.3 Å². The molecule has 1 aliphatic rings. The van der Waals surface area contributed by atoms with E-state index in [2.05, 4.69) is 5.32 Å². The number of nitrogens with zero attached hydrogens (tertiary/aromatic N) is 1. The summed E-state index contributed by atoms with van der Waals surface area (Å²) in [4.78, 5) is 14.3. The third kappa shape index (κ3) is 5.23. The van der Waals surface area contributed by atoms with E-state index in [9.17, 15) is 9.90 Å². The highest BCUT2D eigenvalue weighted by Crippen LogP contribution is 2.23. The van der Waals surface area contributed by atoms with Crippen LogP contribution in [0.1, 0.15) is 24.0 Å². The SMILES string of the molecule is COc1ccccc1CNC(=O)N1CCC([C@@H](O)Cc2ccccc2)CC1. The Morgan fingerprint density at radius 2 is 1.81 bits per heavy atom. The minimum absolute atomic E-state index is 0.0584. The first-order chi connectivity index (χ1) is 13.2. The van der Waals surface area contributed by atoms with Crippen LogP contribution >= 0.6 is 0 Å². The molecule has 0 unspecified atom stereocenters. The van der Waals surface area contributed by atoms with Gasteiger partial charge in [-0.05, 0) is 36.8 Å². The average Bonchev–Trinajstić information content (AvgIpc) is 2.73. The number of likely N-dealkylation sites (tertiary alicyclic amines) is 1. The lowest BCUT2D eigenvalue weighted by Crippen LogP contribution is -2.46. The van der Waals surface area contributed by atoms with Gasteiger partial charge in [-0.3, -0.25) is 0 Å². The second-order valence-electron chi connectivity index (χ2n) is 7.05. The van der Waals surface area contributed by atoms with Crippen LogP contribution in [0.4, 0.5) is 4.79 Å². The number of para-hydroxylation sites is 1. The van der Waals surface area contributed by atoms with Crippen LogP contribution in [0.25, 0.3) is 0 Å². The first-order valence-electron chi connectivity index (χ1n) is 9.54. The molecule has 0 aromatic heterocycles. The Bertz CT molecular complexity index is 727. The highest BCUT2D eigenvalue weighted by Gasteiger charge is 2.27. The lowest BCUT2D eigenvalue weighted by molar-refractivity contribution is 0.0671. The zero-order valence-electron chi connectivity index (χ0n) is 15.8. The molecule has 2 aromatic carbocycles. The molecule has 1 saturated heterocycles. The van der Waals surface area contributed by atoms with E-state index >= 15 is 0 Å². The lowest BCUT2D eigenvalue weighted by Gasteiger charge is -2.34. The molecule has 2 N–H and O–H groups in total. The molecule has 2 amide bonds. The van der Waals surface area contributed by atoms with E-state index in [0.29, 0.717) is 26.1 Å². The molecule has 0 saturated carbocycles. The topological polar surface area (TPSA) is 61.8 Å². The maximum absolute atomic E-state index is 12.5. The van der Waals surface area contributed by atoms with Crippen LogP contribution in [-0.2, 0) is 13.0 Å². The smallest absolute Gasteiger partial charge is 0.317 e. The Labute approximate surface area is 161 Å². The van der Waals surface area contributed by atoms with Gasteiger partial charge in [0.05, 0.1) is 13.2 Å². The fourth-order valence-corrected chi connectivity index (χ4v) is 3.64. The van der Waals surface area contributed by atoms with Crippen molar-refractivity contribution in [3.05, 3.63) is 65.7 Å². The van der Waals surface area contributed by atoms with Gasteiger partial charge in [0, 0.05) is 25.2 Å². The van der Waals surface area contributed by atoms with Gasteiger partial charge in [-0.25, -0.2) is 4.79 Å². The van der Waals surface area contributed by atoms with E-state index in [0.717, 1.165) is 29.7 Å². The molecule has 0 radical (unpaired) electrons. The van der Waals surface area contributed by atoms with Crippen LogP contribution in [0.15, 0.2) is 54.6 Å². The quantitative estimate of drug-likeness (QED) is 0.823. The molecule has 2 aromatic rings. The summed E-state index contributed by atoms with van der Waals surface area (Å²) in [5.74, 6) is 1.02. The first kappa shape index (κ1) is 19.2. The van der Waals surface area contributed by atoms with Crippen LogP contribution in [0.2, 0.25) is 0 Å². The van der Waals surface area contributed by atoms with Crippen LogP contribution < -0.4 is 10.1 Å². The monoisotopic (exact) mass is 368 g/mol. The number of rotatable bonds is 6. The number of urea groups is 1. The van der Waals surface area contributed by atoms with Gasteiger partial charge in [0.25, 0.3) is 0 Å². The summed E-state index contributed by atoms with van der Waals surface area (Å²) in [7, 11) is 1.63. The zero-order chi connectivity index (χ0) is 19.1. The molecule has 1 aliphatic heterocycles. The maximum atomic E-state index is 12.5. The fraction of sp³-hybridized carbons (Fsp3) is 0.409. The van der Waals surface area contributed by atoms with E-state index in [-0.39, 0.29) is 18.1 Å². The van der Waals surface area contributed by atoms with Crippen molar-refractivity contribution in [1.29, 1.82) is 0 Å². The third-order valence-electron chi connectivity index (χ3n) is 5.28. The second-order valence-corrected chi connectivity index (χ2v) is 7.05. The molecule has 0 bridgehead atoms. The molecule has 5 nitrogen and oxygen atoms in total. The Morgan fingerprint density at radius 1 is 1.15 bits per heavy atom. The first-order valence-corrected chi connectivity index (χ1v) is 9.54. The molecule has 1 heterocycles. The van der Waals surface area contributed by atoms with Crippen LogP contribution in [0, 0.1) is 5.92 Å². The van der Waals surface area contributed by atoms with Crippen molar-refractivity contribution >= 4 is 6.03 Å². The number of methoxy groups -OCH3 is 1. The standard InChI is InChI=1S/C22H28N2O3/c1-27-21-10-6-5-9-19(21)16-23-22(26)24-13-11-18(12-14-24)20(25)15-17-7-3-2-4-8-17/h2-10,18,20,25H,11-16H2,1H3,(H,23,26)/t20-/m0/s1. The minimum atomic E-state index is -0.355. The number of nitrogens with one attached hydrogen (secondary N) is 1. The zero-order valence-corrected chi connectivity index (χ0v) is 15.8. The van der Waals surface area contributed by atoms with Crippen LogP contribution in [0.3, 0.4) is 0 Å². The Hall–Kier alpha value is -2.53. The number of benzene rings is 2. The molecule has 27 heavy (non-hydrogen) atoms. The Kier molecular flexibility index (Phi) is 6.71. The molecule has 0 spiro atoms. The van der Waals surface area contributed by atoms with Gasteiger partial charge in [-0.1, -0.05) is 48.5 Å². The number of hydrogen-bond acceptors (Lipinski definition) is 3. The molecule has 3 rings (SSSR count). The van der Waals surface area contributed by atoms with E-state index in [4.69, 9.17) is 4.74 Å². The number of piperidine rings is 1. The van der Waals surface area contributed by atoms with Gasteiger partial charge in [0.1, 0.15) is 5.75 Å². The second kappa shape index (κ2) is 9.42. The highest BCUT2D eigenvalue weighted by atomic mass is 16.5. The lowest BCUT2D eigenvalue weighted by atomic mass is 9.88. The molecule has 1 fully saturated rings. The predicted octanol–water partition coefficient (Wildman–Crippen LogP) is 3.22. The summed E-state index contributed by atoms with van der Waals surface area (Å²) < 4.78 is 5.32. The Balaban J connectivity index is 1.45. The van der Waals surface area contributed by atoms with Gasteiger partial charge in [-0.15, -0.1) is 0 Å². The van der Waals surface area contributed by atoms with Crippen molar-refractivity contribution in [3.63, 3.8) is 0 Å². The third-order valence-corrected chi connectivity index (χ3v) is 5.28. The number of aliphatic hydroxyl groups is 1. The highest BCUT2D eigenvalue weighted by molar-refractivity contribution is 5.74. The number of hydrogen-bond donors (Lipinski definition) is 2. The summed E-state index contributed by atoms with van der Waals surface area (Å²) in [6.45, 7) is 1.79. The molecular weight excluding hydrogens is 340 g/mol. The molecule has 0 aliphatic carbocycles. The minimum Gasteiger partial charge on any atom is -0.496 e. The van der Waals surface area contributed by atoms with Gasteiger partial charge in [-0.2, -0.15) is 0 Å². The summed E-state index contributed by atoms with van der Waals surface area (Å²) in [5.41, 5.74) is 2.11. The normalized spacial score (nSPS) is 16.0. The van der Waals surface area contributed by atoms with Gasteiger partial charge in [0.2, 0.25) is 0 Å². The molecule has 1 atom stereocenters. The number of amides is 2. The van der Waals surface area contributed by atoms with E-state index in [1.54, 1.807) is 7.11 Å². The number of aliphatic hydroxyl groups excluding tert-OH is 1. The average molecular weight is 368 g/mol.